The van der Waals surface area contributed by atoms with Gasteiger partial charge in [0.05, 0.1) is 0 Å². The third-order valence-corrected chi connectivity index (χ3v) is 5.58. The molecule has 0 N–H and O–H groups in total. The lowest BCUT2D eigenvalue weighted by molar-refractivity contribution is -0.142. The molecule has 0 aromatic heterocycles. The Hall–Kier alpha value is -2.55. The van der Waals surface area contributed by atoms with E-state index >= 15 is 0 Å². The molecule has 3 heteroatoms. The molecule has 0 amide bonds. The molecule has 1 unspecified atom stereocenters. The van der Waals surface area contributed by atoms with Crippen LogP contribution in [0.1, 0.15) is 25.8 Å². The Morgan fingerprint density at radius 3 is 2.83 bits per heavy atom. The molecule has 3 aliphatic rings. The van der Waals surface area contributed by atoms with Gasteiger partial charge in [0.2, 0.25) is 0 Å². The van der Waals surface area contributed by atoms with Gasteiger partial charge in [-0.3, -0.25) is 0 Å². The van der Waals surface area contributed by atoms with Crippen LogP contribution in [0.4, 0.5) is 5.69 Å². The molecule has 0 saturated carbocycles. The minimum absolute atomic E-state index is 0.103. The van der Waals surface area contributed by atoms with Crippen molar-refractivity contribution in [2.24, 2.45) is 0 Å². The topological polar surface area (TPSA) is 29.5 Å². The second kappa shape index (κ2) is 4.50. The number of benzene rings is 2. The van der Waals surface area contributed by atoms with Gasteiger partial charge in [-0.15, -0.1) is 0 Å². The molecule has 120 valence electrons. The number of fused-ring (bicyclic) bond motifs is 6. The molecule has 3 heterocycles. The number of nitrogens with zero attached hydrogens (tertiary/aromatic N) is 1. The molecule has 3 aliphatic heterocycles. The quantitative estimate of drug-likeness (QED) is 0.686. The number of allylic oxidation sites excluding steroid dienone is 1. The normalized spacial score (nSPS) is 23.8. The number of carbonyl (C=O) groups excluding carboxylic acids is 1. The fourth-order valence-corrected chi connectivity index (χ4v) is 4.67. The summed E-state index contributed by atoms with van der Waals surface area (Å²) < 4.78 is 5.57. The number of hydrogen-bond acceptors (Lipinski definition) is 3. The van der Waals surface area contributed by atoms with Gasteiger partial charge in [-0.05, 0) is 28.5 Å². The monoisotopic (exact) mass is 317 g/mol. The van der Waals surface area contributed by atoms with Gasteiger partial charge in [-0.2, -0.15) is 0 Å². The Labute approximate surface area is 141 Å². The number of ether oxygens (including phenoxy) is 1. The van der Waals surface area contributed by atoms with E-state index in [-0.39, 0.29) is 17.5 Å². The van der Waals surface area contributed by atoms with Gasteiger partial charge in [0.1, 0.15) is 6.10 Å². The van der Waals surface area contributed by atoms with Crippen molar-refractivity contribution in [1.29, 1.82) is 0 Å². The zero-order valence-corrected chi connectivity index (χ0v) is 13.9. The predicted molar refractivity (Wildman–Crippen MR) is 95.0 cm³/mol. The van der Waals surface area contributed by atoms with Gasteiger partial charge in [0.15, 0.2) is 0 Å². The van der Waals surface area contributed by atoms with Crippen LogP contribution in [0.2, 0.25) is 0 Å². The van der Waals surface area contributed by atoms with E-state index in [2.05, 4.69) is 55.1 Å². The van der Waals surface area contributed by atoms with Crippen LogP contribution >= 0.6 is 0 Å². The Bertz CT molecular complexity index is 951. The highest BCUT2D eigenvalue weighted by atomic mass is 16.5. The summed E-state index contributed by atoms with van der Waals surface area (Å²) in [5.74, 6) is -0.225. The van der Waals surface area contributed by atoms with E-state index in [4.69, 9.17) is 4.74 Å². The molecule has 0 fully saturated rings. The van der Waals surface area contributed by atoms with Crippen LogP contribution in [0.15, 0.2) is 59.8 Å². The Morgan fingerprint density at radius 1 is 1.12 bits per heavy atom. The van der Waals surface area contributed by atoms with Crippen molar-refractivity contribution in [2.45, 2.75) is 31.8 Å². The standard InChI is InChI=1S/C21H19NO2/c1-21(2)19-14-6-4-3-5-13(14)7-9-16(19)22-12-11-17-15(20(21)22)8-10-18(23)24-17/h3-10,17H,11-12H2,1-2H3. The highest BCUT2D eigenvalue weighted by molar-refractivity contribution is 5.95. The van der Waals surface area contributed by atoms with Gasteiger partial charge < -0.3 is 9.64 Å². The number of carbonyl (C=O) groups is 1. The lowest BCUT2D eigenvalue weighted by Crippen LogP contribution is -2.40. The first-order chi connectivity index (χ1) is 11.6. The predicted octanol–water partition coefficient (Wildman–Crippen LogP) is 4.08. The maximum atomic E-state index is 11.6. The van der Waals surface area contributed by atoms with E-state index in [0.29, 0.717) is 0 Å². The number of anilines is 1. The Balaban J connectivity index is 1.83. The summed E-state index contributed by atoms with van der Waals surface area (Å²) >= 11 is 0. The first kappa shape index (κ1) is 13.8. The average Bonchev–Trinajstić information content (AvgIpc) is 2.83. The fourth-order valence-electron chi connectivity index (χ4n) is 4.67. The second-order valence-electron chi connectivity index (χ2n) is 7.31. The molecule has 0 aliphatic carbocycles. The van der Waals surface area contributed by atoms with E-state index in [0.717, 1.165) is 18.5 Å². The van der Waals surface area contributed by atoms with Crippen LogP contribution in [0, 0.1) is 0 Å². The van der Waals surface area contributed by atoms with Crippen molar-refractivity contribution < 1.29 is 9.53 Å². The maximum absolute atomic E-state index is 11.6. The second-order valence-corrected chi connectivity index (χ2v) is 7.31. The number of esters is 1. The summed E-state index contributed by atoms with van der Waals surface area (Å²) in [6.45, 7) is 5.46. The Kier molecular flexibility index (Phi) is 2.60. The zero-order valence-electron chi connectivity index (χ0n) is 13.9. The summed E-state index contributed by atoms with van der Waals surface area (Å²) in [7, 11) is 0. The SMILES string of the molecule is CC1(C)C2=C3C=CC(=O)OC3CCN2c2ccc3ccccc3c21. The van der Waals surface area contributed by atoms with E-state index in [1.54, 1.807) is 6.08 Å². The molecule has 0 spiro atoms. The molecule has 24 heavy (non-hydrogen) atoms. The lowest BCUT2D eigenvalue weighted by Gasteiger charge is -2.38. The van der Waals surface area contributed by atoms with Gasteiger partial charge in [0, 0.05) is 41.4 Å². The lowest BCUT2D eigenvalue weighted by atomic mass is 9.78. The fraction of sp³-hybridized carbons (Fsp3) is 0.286. The highest BCUT2D eigenvalue weighted by Gasteiger charge is 2.46. The first-order valence-electron chi connectivity index (χ1n) is 8.50. The summed E-state index contributed by atoms with van der Waals surface area (Å²) in [5, 5.41) is 2.59. The third-order valence-electron chi connectivity index (χ3n) is 5.58. The third kappa shape index (κ3) is 1.64. The maximum Gasteiger partial charge on any atom is 0.331 e. The van der Waals surface area contributed by atoms with Crippen molar-refractivity contribution in [1.82, 2.24) is 0 Å². The first-order valence-corrected chi connectivity index (χ1v) is 8.50. The van der Waals surface area contributed by atoms with Crippen molar-refractivity contribution in [3.05, 3.63) is 65.4 Å². The van der Waals surface area contributed by atoms with E-state index in [1.165, 1.54) is 27.7 Å². The highest BCUT2D eigenvalue weighted by Crippen LogP contribution is 2.54. The van der Waals surface area contributed by atoms with E-state index in [1.807, 2.05) is 6.08 Å². The van der Waals surface area contributed by atoms with Crippen molar-refractivity contribution in [3.8, 4) is 0 Å². The molecular weight excluding hydrogens is 298 g/mol. The molecule has 2 aromatic carbocycles. The molecule has 1 atom stereocenters. The van der Waals surface area contributed by atoms with E-state index in [9.17, 15) is 4.79 Å². The Morgan fingerprint density at radius 2 is 1.96 bits per heavy atom. The van der Waals surface area contributed by atoms with Gasteiger partial charge in [-0.1, -0.05) is 44.2 Å². The van der Waals surface area contributed by atoms with Crippen LogP contribution in [0.25, 0.3) is 10.8 Å². The molecule has 0 saturated heterocycles. The number of rotatable bonds is 0. The van der Waals surface area contributed by atoms with Gasteiger partial charge >= 0.3 is 5.97 Å². The minimum Gasteiger partial charge on any atom is -0.454 e. The summed E-state index contributed by atoms with van der Waals surface area (Å²) in [4.78, 5) is 14.0. The van der Waals surface area contributed by atoms with Crippen LogP contribution in [-0.4, -0.2) is 18.6 Å². The summed E-state index contributed by atoms with van der Waals surface area (Å²) in [5.41, 5.74) is 5.01. The molecule has 3 nitrogen and oxygen atoms in total. The minimum atomic E-state index is -0.225. The zero-order chi connectivity index (χ0) is 16.5. The molecule has 5 rings (SSSR count). The van der Waals surface area contributed by atoms with Crippen LogP contribution in [0.5, 0.6) is 0 Å². The summed E-state index contributed by atoms with van der Waals surface area (Å²) in [6, 6.07) is 13.0. The average molecular weight is 317 g/mol. The number of hydrogen-bond donors (Lipinski definition) is 0. The van der Waals surface area contributed by atoms with Gasteiger partial charge in [-0.25, -0.2) is 4.79 Å². The molecule has 0 bridgehead atoms. The van der Waals surface area contributed by atoms with Crippen molar-refractivity contribution in [3.63, 3.8) is 0 Å². The van der Waals surface area contributed by atoms with Crippen LogP contribution in [0.3, 0.4) is 0 Å². The van der Waals surface area contributed by atoms with E-state index < -0.39 is 0 Å². The molecule has 2 aromatic rings. The van der Waals surface area contributed by atoms with Crippen molar-refractivity contribution in [2.75, 3.05) is 11.4 Å². The van der Waals surface area contributed by atoms with Crippen molar-refractivity contribution >= 4 is 22.4 Å². The smallest absolute Gasteiger partial charge is 0.331 e. The molecule has 0 radical (unpaired) electrons. The van der Waals surface area contributed by atoms with Gasteiger partial charge in [0.25, 0.3) is 0 Å². The summed E-state index contributed by atoms with van der Waals surface area (Å²) in [6.07, 6.45) is 4.26. The largest absolute Gasteiger partial charge is 0.454 e. The molecular formula is C21H19NO2. The van der Waals surface area contributed by atoms with Crippen LogP contribution in [-0.2, 0) is 14.9 Å². The van der Waals surface area contributed by atoms with Crippen LogP contribution < -0.4 is 4.90 Å².